The van der Waals surface area contributed by atoms with Crippen LogP contribution in [0.25, 0.3) is 0 Å². The summed E-state index contributed by atoms with van der Waals surface area (Å²) in [4.78, 5) is 3.62. The Hall–Kier alpha value is -1.03. The number of pyridine rings is 1. The molecule has 1 aromatic rings. The number of halogens is 2. The Morgan fingerprint density at radius 2 is 2.08 bits per heavy atom. The molecule has 0 fully saturated rings. The molecule has 0 radical (unpaired) electrons. The zero-order chi connectivity index (χ0) is 9.84. The van der Waals surface area contributed by atoms with Crippen LogP contribution in [0.1, 0.15) is 30.7 Å². The molecule has 0 spiro atoms. The van der Waals surface area contributed by atoms with E-state index >= 15 is 0 Å². The second-order valence-corrected chi connectivity index (χ2v) is 2.70. The molecule has 0 amide bonds. The Balaban J connectivity index is 2.81. The molecule has 72 valence electrons. The molecule has 0 aliphatic carbocycles. The minimum Gasteiger partial charge on any atom is -0.377 e. The third-order valence-electron chi connectivity index (χ3n) is 1.86. The van der Waals surface area contributed by atoms with Gasteiger partial charge in [-0.05, 0) is 18.6 Å². The van der Waals surface area contributed by atoms with Crippen molar-refractivity contribution in [3.8, 4) is 0 Å². The molecule has 0 aromatic carbocycles. The Kier molecular flexibility index (Phi) is 3.31. The highest BCUT2D eigenvalue weighted by Gasteiger charge is 2.09. The van der Waals surface area contributed by atoms with Crippen LogP contribution in [-0.2, 0) is 4.74 Å². The van der Waals surface area contributed by atoms with Crippen LogP contribution in [0.5, 0.6) is 0 Å². The van der Waals surface area contributed by atoms with Gasteiger partial charge in [0.2, 0.25) is 0 Å². The van der Waals surface area contributed by atoms with Gasteiger partial charge in [-0.25, -0.2) is 8.78 Å². The van der Waals surface area contributed by atoms with Gasteiger partial charge in [-0.3, -0.25) is 4.98 Å². The molecular formula is C9H11F2NO. The highest BCUT2D eigenvalue weighted by atomic mass is 19.3. The van der Waals surface area contributed by atoms with Gasteiger partial charge in [-0.1, -0.05) is 6.07 Å². The minimum atomic E-state index is -2.51. The van der Waals surface area contributed by atoms with Crippen molar-refractivity contribution in [2.75, 3.05) is 7.11 Å². The van der Waals surface area contributed by atoms with Gasteiger partial charge in [0, 0.05) is 13.3 Å². The van der Waals surface area contributed by atoms with Gasteiger partial charge < -0.3 is 4.74 Å². The average molecular weight is 187 g/mol. The molecule has 0 saturated heterocycles. The van der Waals surface area contributed by atoms with E-state index in [2.05, 4.69) is 4.98 Å². The lowest BCUT2D eigenvalue weighted by molar-refractivity contribution is 0.118. The van der Waals surface area contributed by atoms with Gasteiger partial charge in [0.15, 0.2) is 0 Å². The van der Waals surface area contributed by atoms with Crippen molar-refractivity contribution < 1.29 is 13.5 Å². The number of aromatic nitrogens is 1. The van der Waals surface area contributed by atoms with Crippen LogP contribution in [0.4, 0.5) is 8.78 Å². The van der Waals surface area contributed by atoms with Crippen molar-refractivity contribution in [1.82, 2.24) is 4.98 Å². The first kappa shape index (κ1) is 10.1. The summed E-state index contributed by atoms with van der Waals surface area (Å²) in [5.41, 5.74) is 0.596. The third-order valence-corrected chi connectivity index (χ3v) is 1.86. The van der Waals surface area contributed by atoms with E-state index in [-0.39, 0.29) is 11.8 Å². The second kappa shape index (κ2) is 4.28. The molecule has 4 heteroatoms. The van der Waals surface area contributed by atoms with Gasteiger partial charge in [0.25, 0.3) is 6.43 Å². The number of hydrogen-bond donors (Lipinski definition) is 0. The SMILES string of the molecule is COC(C)c1ccc(C(F)F)nc1. The molecule has 1 unspecified atom stereocenters. The largest absolute Gasteiger partial charge is 0.377 e. The van der Waals surface area contributed by atoms with E-state index in [1.54, 1.807) is 13.2 Å². The van der Waals surface area contributed by atoms with Gasteiger partial charge in [0.05, 0.1) is 6.10 Å². The van der Waals surface area contributed by atoms with E-state index in [4.69, 9.17) is 4.74 Å². The third kappa shape index (κ3) is 2.45. The van der Waals surface area contributed by atoms with E-state index in [1.807, 2.05) is 6.92 Å². The summed E-state index contributed by atoms with van der Waals surface area (Å²) in [5, 5.41) is 0. The fraction of sp³-hybridized carbons (Fsp3) is 0.444. The van der Waals surface area contributed by atoms with Crippen molar-refractivity contribution >= 4 is 0 Å². The van der Waals surface area contributed by atoms with Crippen molar-refractivity contribution in [2.24, 2.45) is 0 Å². The summed E-state index contributed by atoms with van der Waals surface area (Å²) in [7, 11) is 1.56. The first-order valence-electron chi connectivity index (χ1n) is 3.92. The van der Waals surface area contributed by atoms with Crippen molar-refractivity contribution in [1.29, 1.82) is 0 Å². The molecule has 0 aliphatic heterocycles. The molecule has 1 rings (SSSR count). The fourth-order valence-electron chi connectivity index (χ4n) is 0.922. The normalized spacial score (nSPS) is 13.3. The fourth-order valence-corrected chi connectivity index (χ4v) is 0.922. The molecule has 0 bridgehead atoms. The van der Waals surface area contributed by atoms with Crippen LogP contribution in [0, 0.1) is 0 Å². The van der Waals surface area contributed by atoms with Crippen LogP contribution >= 0.6 is 0 Å². The number of nitrogens with zero attached hydrogens (tertiary/aromatic N) is 1. The van der Waals surface area contributed by atoms with E-state index in [0.717, 1.165) is 5.56 Å². The lowest BCUT2D eigenvalue weighted by atomic mass is 10.2. The quantitative estimate of drug-likeness (QED) is 0.725. The molecule has 1 heterocycles. The lowest BCUT2D eigenvalue weighted by Crippen LogP contribution is -1.98. The Bertz CT molecular complexity index is 261. The van der Waals surface area contributed by atoms with Crippen LogP contribution in [-0.4, -0.2) is 12.1 Å². The van der Waals surface area contributed by atoms with Crippen molar-refractivity contribution in [2.45, 2.75) is 19.5 Å². The van der Waals surface area contributed by atoms with E-state index in [0.29, 0.717) is 0 Å². The average Bonchev–Trinajstić information content (AvgIpc) is 2.17. The molecule has 1 atom stereocenters. The lowest BCUT2D eigenvalue weighted by Gasteiger charge is -2.09. The van der Waals surface area contributed by atoms with E-state index in [1.165, 1.54) is 12.3 Å². The molecule has 0 saturated carbocycles. The van der Waals surface area contributed by atoms with Gasteiger partial charge in [-0.2, -0.15) is 0 Å². The Morgan fingerprint density at radius 3 is 2.46 bits per heavy atom. The summed E-state index contributed by atoms with van der Waals surface area (Å²) >= 11 is 0. The molecule has 13 heavy (non-hydrogen) atoms. The van der Waals surface area contributed by atoms with Gasteiger partial charge >= 0.3 is 0 Å². The minimum absolute atomic E-state index is 0.112. The summed E-state index contributed by atoms with van der Waals surface area (Å²) in [5.74, 6) is 0. The first-order chi connectivity index (χ1) is 6.15. The van der Waals surface area contributed by atoms with Crippen molar-refractivity contribution in [3.05, 3.63) is 29.6 Å². The standard InChI is InChI=1S/C9H11F2NO/c1-6(13-2)7-3-4-8(9(10)11)12-5-7/h3-6,9H,1-2H3. The smallest absolute Gasteiger partial charge is 0.280 e. The number of rotatable bonds is 3. The monoisotopic (exact) mass is 187 g/mol. The van der Waals surface area contributed by atoms with E-state index in [9.17, 15) is 8.78 Å². The van der Waals surface area contributed by atoms with Gasteiger partial charge in [0.1, 0.15) is 5.69 Å². The molecular weight excluding hydrogens is 176 g/mol. The molecule has 1 aromatic heterocycles. The maximum Gasteiger partial charge on any atom is 0.280 e. The highest BCUT2D eigenvalue weighted by molar-refractivity contribution is 5.16. The number of ether oxygens (including phenoxy) is 1. The highest BCUT2D eigenvalue weighted by Crippen LogP contribution is 2.19. The number of alkyl halides is 2. The number of hydrogen-bond acceptors (Lipinski definition) is 2. The van der Waals surface area contributed by atoms with Crippen molar-refractivity contribution in [3.63, 3.8) is 0 Å². The summed E-state index contributed by atoms with van der Waals surface area (Å²) < 4.78 is 29.2. The van der Waals surface area contributed by atoms with Crippen LogP contribution in [0.2, 0.25) is 0 Å². The molecule has 0 aliphatic rings. The predicted octanol–water partition coefficient (Wildman–Crippen LogP) is 2.73. The number of methoxy groups -OCH3 is 1. The zero-order valence-corrected chi connectivity index (χ0v) is 7.50. The zero-order valence-electron chi connectivity index (χ0n) is 7.50. The van der Waals surface area contributed by atoms with Crippen LogP contribution in [0.15, 0.2) is 18.3 Å². The topological polar surface area (TPSA) is 22.1 Å². The summed E-state index contributed by atoms with van der Waals surface area (Å²) in [6.45, 7) is 1.83. The molecule has 2 nitrogen and oxygen atoms in total. The first-order valence-corrected chi connectivity index (χ1v) is 3.92. The maximum absolute atomic E-state index is 12.1. The Labute approximate surface area is 75.6 Å². The Morgan fingerprint density at radius 1 is 1.38 bits per heavy atom. The second-order valence-electron chi connectivity index (χ2n) is 2.70. The summed E-state index contributed by atoms with van der Waals surface area (Å²) in [6, 6.07) is 2.91. The van der Waals surface area contributed by atoms with E-state index < -0.39 is 6.43 Å². The van der Waals surface area contributed by atoms with Gasteiger partial charge in [-0.15, -0.1) is 0 Å². The molecule has 0 N–H and O–H groups in total. The summed E-state index contributed by atoms with van der Waals surface area (Å²) in [6.07, 6.45) is -1.21. The van der Waals surface area contributed by atoms with Crippen LogP contribution in [0.3, 0.4) is 0 Å². The maximum atomic E-state index is 12.1. The predicted molar refractivity (Wildman–Crippen MR) is 44.6 cm³/mol. The van der Waals surface area contributed by atoms with Crippen LogP contribution < -0.4 is 0 Å².